The lowest BCUT2D eigenvalue weighted by Gasteiger charge is -2.15. The molecule has 0 saturated heterocycles. The van der Waals surface area contributed by atoms with Gasteiger partial charge in [0.2, 0.25) is 0 Å². The van der Waals surface area contributed by atoms with E-state index in [1.165, 1.54) is 0 Å². The molecule has 0 aliphatic carbocycles. The summed E-state index contributed by atoms with van der Waals surface area (Å²) in [4.78, 5) is 12.9. The van der Waals surface area contributed by atoms with E-state index in [9.17, 15) is 4.79 Å². The number of benzene rings is 3. The highest BCUT2D eigenvalue weighted by Gasteiger charge is 2.14. The van der Waals surface area contributed by atoms with Crippen LogP contribution >= 0.6 is 11.6 Å². The number of rotatable bonds is 7. The van der Waals surface area contributed by atoms with Crippen molar-refractivity contribution in [2.24, 2.45) is 0 Å². The highest BCUT2D eigenvalue weighted by atomic mass is 35.5. The van der Waals surface area contributed by atoms with Gasteiger partial charge in [0.05, 0.1) is 25.0 Å². The summed E-state index contributed by atoms with van der Waals surface area (Å²) in [7, 11) is 1.57. The fraction of sp³-hybridized carbons (Fsp3) is 0.154. The van der Waals surface area contributed by atoms with Crippen molar-refractivity contribution >= 4 is 23.2 Å². The summed E-state index contributed by atoms with van der Waals surface area (Å²) in [5, 5.41) is 7.87. The number of halogens is 1. The smallest absolute Gasteiger partial charge is 0.255 e. The molecule has 6 nitrogen and oxygen atoms in total. The first-order chi connectivity index (χ1) is 15.9. The van der Waals surface area contributed by atoms with Gasteiger partial charge in [-0.25, -0.2) is 0 Å². The number of carbonyl (C=O) groups excluding carboxylic acids is 1. The van der Waals surface area contributed by atoms with Gasteiger partial charge in [0.25, 0.3) is 5.91 Å². The molecule has 1 aromatic heterocycles. The number of amides is 1. The summed E-state index contributed by atoms with van der Waals surface area (Å²) < 4.78 is 13.3. The van der Waals surface area contributed by atoms with Crippen molar-refractivity contribution in [3.63, 3.8) is 0 Å². The van der Waals surface area contributed by atoms with Crippen molar-refractivity contribution in [2.45, 2.75) is 20.4 Å². The number of carbonyl (C=O) groups is 1. The molecule has 33 heavy (non-hydrogen) atoms. The average molecular weight is 462 g/mol. The molecule has 0 saturated carbocycles. The van der Waals surface area contributed by atoms with Crippen LogP contribution in [-0.2, 0) is 6.54 Å². The van der Waals surface area contributed by atoms with Gasteiger partial charge in [-0.3, -0.25) is 9.48 Å². The van der Waals surface area contributed by atoms with Gasteiger partial charge >= 0.3 is 0 Å². The second-order valence-corrected chi connectivity index (χ2v) is 8.07. The molecular formula is C26H24ClN3O3. The first-order valence-corrected chi connectivity index (χ1v) is 10.8. The second-order valence-electron chi connectivity index (χ2n) is 7.63. The number of hydrogen-bond acceptors (Lipinski definition) is 4. The van der Waals surface area contributed by atoms with Crippen molar-refractivity contribution in [2.75, 3.05) is 12.4 Å². The summed E-state index contributed by atoms with van der Waals surface area (Å²) in [6.07, 6.45) is 0. The van der Waals surface area contributed by atoms with Gasteiger partial charge in [0.15, 0.2) is 17.2 Å². The third-order valence-electron chi connectivity index (χ3n) is 5.13. The maximum Gasteiger partial charge on any atom is 0.255 e. The molecule has 4 rings (SSSR count). The van der Waals surface area contributed by atoms with Crippen molar-refractivity contribution in [3.05, 3.63) is 100 Å². The molecule has 168 valence electrons. The summed E-state index contributed by atoms with van der Waals surface area (Å²) in [5.41, 5.74) is 4.12. The summed E-state index contributed by atoms with van der Waals surface area (Å²) in [6, 6.07) is 21.8. The molecule has 3 aromatic carbocycles. The van der Waals surface area contributed by atoms with Gasteiger partial charge in [0.1, 0.15) is 0 Å². The largest absolute Gasteiger partial charge is 0.493 e. The SMILES string of the molecule is COc1ccccc1Oc1ccc(Cl)cc1NC(=O)c1ccc(Cn2nc(C)cc2C)cc1. The van der Waals surface area contributed by atoms with E-state index < -0.39 is 0 Å². The molecular weight excluding hydrogens is 438 g/mol. The third kappa shape index (κ3) is 5.35. The van der Waals surface area contributed by atoms with E-state index in [-0.39, 0.29) is 5.91 Å². The Bertz CT molecular complexity index is 1280. The van der Waals surface area contributed by atoms with Crippen LogP contribution in [0, 0.1) is 13.8 Å². The molecule has 1 heterocycles. The van der Waals surface area contributed by atoms with Crippen LogP contribution in [0.1, 0.15) is 27.3 Å². The normalized spacial score (nSPS) is 10.7. The minimum absolute atomic E-state index is 0.264. The number of aryl methyl sites for hydroxylation is 2. The minimum atomic E-state index is -0.264. The van der Waals surface area contributed by atoms with Crippen LogP contribution in [-0.4, -0.2) is 22.8 Å². The fourth-order valence-corrected chi connectivity index (χ4v) is 3.65. The molecule has 0 aliphatic rings. The molecule has 0 unspecified atom stereocenters. The molecule has 0 fully saturated rings. The molecule has 0 aliphatic heterocycles. The lowest BCUT2D eigenvalue weighted by atomic mass is 10.1. The van der Waals surface area contributed by atoms with Crippen LogP contribution in [0.25, 0.3) is 0 Å². The summed E-state index contributed by atoms with van der Waals surface area (Å²) >= 11 is 6.18. The Hall–Kier alpha value is -3.77. The van der Waals surface area contributed by atoms with Crippen LogP contribution in [0.5, 0.6) is 17.2 Å². The molecule has 7 heteroatoms. The Balaban J connectivity index is 1.51. The standard InChI is InChI=1S/C26H24ClN3O3/c1-17-14-18(2)30(29-17)16-19-8-10-20(11-9-19)26(31)28-22-15-21(27)12-13-23(22)33-25-7-5-4-6-24(25)32-3/h4-15H,16H2,1-3H3,(H,28,31). The van der Waals surface area contributed by atoms with Crippen molar-refractivity contribution < 1.29 is 14.3 Å². The summed E-state index contributed by atoms with van der Waals surface area (Å²) in [5.74, 6) is 1.31. The lowest BCUT2D eigenvalue weighted by molar-refractivity contribution is 0.102. The molecule has 1 amide bonds. The molecule has 0 spiro atoms. The monoisotopic (exact) mass is 461 g/mol. The predicted molar refractivity (Wildman–Crippen MR) is 130 cm³/mol. The molecule has 4 aromatic rings. The Morgan fingerprint density at radius 1 is 0.970 bits per heavy atom. The van der Waals surface area contributed by atoms with E-state index in [0.29, 0.717) is 40.1 Å². The minimum Gasteiger partial charge on any atom is -0.493 e. The zero-order valence-electron chi connectivity index (χ0n) is 18.6. The number of nitrogens with one attached hydrogen (secondary N) is 1. The maximum atomic E-state index is 12.9. The predicted octanol–water partition coefficient (Wildman–Crippen LogP) is 6.25. The van der Waals surface area contributed by atoms with E-state index in [4.69, 9.17) is 21.1 Å². The van der Waals surface area contributed by atoms with Gasteiger partial charge in [-0.2, -0.15) is 5.10 Å². The van der Waals surface area contributed by atoms with Crippen molar-refractivity contribution in [3.8, 4) is 17.2 Å². The van der Waals surface area contributed by atoms with Gasteiger partial charge in [0, 0.05) is 16.3 Å². The van der Waals surface area contributed by atoms with E-state index in [1.54, 1.807) is 49.6 Å². The summed E-state index contributed by atoms with van der Waals surface area (Å²) in [6.45, 7) is 4.64. The maximum absolute atomic E-state index is 12.9. The Morgan fingerprint density at radius 3 is 2.36 bits per heavy atom. The van der Waals surface area contributed by atoms with Gasteiger partial charge < -0.3 is 14.8 Å². The van der Waals surface area contributed by atoms with Crippen molar-refractivity contribution in [1.82, 2.24) is 9.78 Å². The van der Waals surface area contributed by atoms with Crippen LogP contribution in [0.2, 0.25) is 5.02 Å². The lowest BCUT2D eigenvalue weighted by Crippen LogP contribution is -2.13. The van der Waals surface area contributed by atoms with Crippen LogP contribution < -0.4 is 14.8 Å². The number of anilines is 1. The third-order valence-corrected chi connectivity index (χ3v) is 5.37. The second kappa shape index (κ2) is 9.79. The Labute approximate surface area is 197 Å². The number of hydrogen-bond donors (Lipinski definition) is 1. The first-order valence-electron chi connectivity index (χ1n) is 10.4. The Morgan fingerprint density at radius 2 is 1.70 bits per heavy atom. The topological polar surface area (TPSA) is 65.4 Å². The van der Waals surface area contributed by atoms with Crippen LogP contribution in [0.3, 0.4) is 0 Å². The number of para-hydroxylation sites is 2. The first kappa shape index (κ1) is 22.4. The zero-order chi connectivity index (χ0) is 23.4. The number of ether oxygens (including phenoxy) is 2. The molecule has 0 bridgehead atoms. The van der Waals surface area contributed by atoms with Gasteiger partial charge in [-0.1, -0.05) is 35.9 Å². The number of methoxy groups -OCH3 is 1. The van der Waals surface area contributed by atoms with E-state index in [1.807, 2.05) is 48.9 Å². The average Bonchev–Trinajstić information content (AvgIpc) is 3.12. The van der Waals surface area contributed by atoms with Crippen LogP contribution in [0.4, 0.5) is 5.69 Å². The number of nitrogens with zero attached hydrogens (tertiary/aromatic N) is 2. The van der Waals surface area contributed by atoms with E-state index in [2.05, 4.69) is 10.4 Å². The highest BCUT2D eigenvalue weighted by Crippen LogP contribution is 2.36. The van der Waals surface area contributed by atoms with E-state index in [0.717, 1.165) is 17.0 Å². The van der Waals surface area contributed by atoms with Crippen LogP contribution in [0.15, 0.2) is 72.8 Å². The van der Waals surface area contributed by atoms with Gasteiger partial charge in [-0.15, -0.1) is 0 Å². The quantitative estimate of drug-likeness (QED) is 0.353. The zero-order valence-corrected chi connectivity index (χ0v) is 19.4. The number of aromatic nitrogens is 2. The van der Waals surface area contributed by atoms with Crippen molar-refractivity contribution in [1.29, 1.82) is 0 Å². The van der Waals surface area contributed by atoms with E-state index >= 15 is 0 Å². The van der Waals surface area contributed by atoms with Gasteiger partial charge in [-0.05, 0) is 67.9 Å². The molecule has 0 radical (unpaired) electrons. The molecule has 0 atom stereocenters. The highest BCUT2D eigenvalue weighted by molar-refractivity contribution is 6.31. The fourth-order valence-electron chi connectivity index (χ4n) is 3.47. The Kier molecular flexibility index (Phi) is 6.66. The molecule has 1 N–H and O–H groups in total.